The lowest BCUT2D eigenvalue weighted by molar-refractivity contribution is 0.0964. The summed E-state index contributed by atoms with van der Waals surface area (Å²) in [6, 6.07) is 18.2. The Labute approximate surface area is 254 Å². The van der Waals surface area contributed by atoms with Crippen LogP contribution in [0.3, 0.4) is 0 Å². The number of halogens is 2. The van der Waals surface area contributed by atoms with Gasteiger partial charge in [-0.15, -0.1) is 0 Å². The van der Waals surface area contributed by atoms with Crippen LogP contribution in [0.5, 0.6) is 0 Å². The number of carbonyl (C=O) groups excluding carboxylic acids is 1. The Bertz CT molecular complexity index is 2450. The van der Waals surface area contributed by atoms with Crippen molar-refractivity contribution in [1.29, 1.82) is 0 Å². The number of nitrogens with zero attached hydrogens (tertiary/aromatic N) is 3. The molecule has 0 fully saturated rings. The molecule has 0 bridgehead atoms. The van der Waals surface area contributed by atoms with Crippen LogP contribution in [-0.2, 0) is 10.0 Å². The molecule has 0 aliphatic carbocycles. The second kappa shape index (κ2) is 10.3. The van der Waals surface area contributed by atoms with E-state index in [1.165, 1.54) is 50.4 Å². The molecular weight excluding hydrogens is 602 g/mol. The molecule has 7 rings (SSSR count). The highest BCUT2D eigenvalue weighted by Crippen LogP contribution is 2.40. The summed E-state index contributed by atoms with van der Waals surface area (Å²) in [4.78, 5) is 22.5. The molecule has 4 N–H and O–H groups in total. The first-order chi connectivity index (χ1) is 21.6. The molecule has 0 radical (unpaired) electrons. The monoisotopic (exact) mass is 626 g/mol. The first kappa shape index (κ1) is 28.2. The lowest BCUT2D eigenvalue weighted by Gasteiger charge is -2.13. The fourth-order valence-corrected chi connectivity index (χ4v) is 6.15. The van der Waals surface area contributed by atoms with Gasteiger partial charge in [-0.2, -0.15) is 0 Å². The van der Waals surface area contributed by atoms with Crippen LogP contribution in [0.25, 0.3) is 61.0 Å². The van der Waals surface area contributed by atoms with E-state index in [-0.39, 0.29) is 34.3 Å². The number of carbonyl (C=O) groups is 1. The third-order valence-electron chi connectivity index (χ3n) is 7.68. The minimum absolute atomic E-state index is 0.146. The Morgan fingerprint density at radius 2 is 1.76 bits per heavy atom. The summed E-state index contributed by atoms with van der Waals surface area (Å²) in [7, 11) is -2.30. The molecule has 0 aliphatic rings. The Morgan fingerprint density at radius 3 is 2.49 bits per heavy atom. The topological polar surface area (TPSA) is 145 Å². The van der Waals surface area contributed by atoms with Crippen LogP contribution >= 0.6 is 0 Å². The average molecular weight is 627 g/mol. The number of aromatic nitrogens is 3. The van der Waals surface area contributed by atoms with E-state index in [4.69, 9.17) is 15.1 Å². The summed E-state index contributed by atoms with van der Waals surface area (Å²) < 4.78 is 64.4. The lowest BCUT2D eigenvalue weighted by atomic mass is 10.0. The summed E-state index contributed by atoms with van der Waals surface area (Å²) in [5.74, 6) is -1.23. The Balaban J connectivity index is 1.53. The molecule has 10 nitrogen and oxygen atoms in total. The number of amides is 1. The van der Waals surface area contributed by atoms with Crippen LogP contribution in [-0.4, -0.2) is 41.5 Å². The van der Waals surface area contributed by atoms with Crippen LogP contribution in [0.15, 0.2) is 77.2 Å². The number of nitrogen functional groups attached to an aromatic ring is 1. The first-order valence-electron chi connectivity index (χ1n) is 13.8. The van der Waals surface area contributed by atoms with Crippen molar-refractivity contribution in [2.75, 3.05) is 23.3 Å². The van der Waals surface area contributed by atoms with E-state index in [0.29, 0.717) is 49.7 Å². The Morgan fingerprint density at radius 1 is 0.978 bits per heavy atom. The van der Waals surface area contributed by atoms with E-state index in [1.54, 1.807) is 40.8 Å². The van der Waals surface area contributed by atoms with Crippen molar-refractivity contribution < 1.29 is 26.4 Å². The van der Waals surface area contributed by atoms with Gasteiger partial charge in [-0.05, 0) is 67.6 Å². The van der Waals surface area contributed by atoms with E-state index >= 15 is 0 Å². The molecule has 226 valence electrons. The summed E-state index contributed by atoms with van der Waals surface area (Å²) in [5.41, 5.74) is 9.82. The van der Waals surface area contributed by atoms with Crippen LogP contribution in [0.2, 0.25) is 0 Å². The second-order valence-electron chi connectivity index (χ2n) is 10.4. The van der Waals surface area contributed by atoms with Gasteiger partial charge in [-0.1, -0.05) is 6.07 Å². The zero-order chi connectivity index (χ0) is 31.6. The summed E-state index contributed by atoms with van der Waals surface area (Å²) >= 11 is 0. The number of pyridine rings is 1. The fraction of sp³-hybridized carbons (Fsp3) is 0.0938. The molecule has 4 heterocycles. The van der Waals surface area contributed by atoms with Crippen molar-refractivity contribution in [3.63, 3.8) is 0 Å². The smallest absolute Gasteiger partial charge is 0.255 e. The number of benzene rings is 3. The minimum Gasteiger partial charge on any atom is -0.455 e. The van der Waals surface area contributed by atoms with Gasteiger partial charge < -0.3 is 15.5 Å². The van der Waals surface area contributed by atoms with E-state index in [9.17, 15) is 22.0 Å². The highest BCUT2D eigenvalue weighted by atomic mass is 32.2. The minimum atomic E-state index is -3.77. The summed E-state index contributed by atoms with van der Waals surface area (Å²) in [6.07, 6.45) is 0. The molecule has 0 saturated heterocycles. The highest BCUT2D eigenvalue weighted by Gasteiger charge is 2.25. The number of nitrogens with one attached hydrogen (secondary N) is 2. The number of furan rings is 1. The number of nitrogens with two attached hydrogens (primary N) is 1. The fourth-order valence-electron chi connectivity index (χ4n) is 5.50. The molecule has 7 aromatic rings. The molecule has 0 atom stereocenters. The number of rotatable bonds is 6. The number of sulfonamides is 1. The van der Waals surface area contributed by atoms with Gasteiger partial charge in [-0.3, -0.25) is 13.9 Å². The van der Waals surface area contributed by atoms with Gasteiger partial charge in [-0.25, -0.2) is 27.2 Å². The van der Waals surface area contributed by atoms with Gasteiger partial charge in [0.25, 0.3) is 5.91 Å². The maximum absolute atomic E-state index is 14.7. The van der Waals surface area contributed by atoms with Gasteiger partial charge >= 0.3 is 0 Å². The molecular formula is C32H24F2N6O4S. The standard InChI is InChI=1S/C32H24F2N6O4S/c1-3-45(42,43)39-24-15-27-20(28(31(41)36-2)30(44-27)16-7-9-17(33)10-8-16)13-19(24)22-11-12-23-29(37-22)26-14-18-21(34)5-4-6-25(18)40(26)32(35)38-23/h4-15,39H,3H2,1-2H3,(H2,35,38)(H,36,41). The number of fused-ring (bicyclic) bond motifs is 6. The molecule has 4 aromatic heterocycles. The van der Waals surface area contributed by atoms with Gasteiger partial charge in [0.05, 0.1) is 39.2 Å². The molecule has 0 saturated carbocycles. The zero-order valence-electron chi connectivity index (χ0n) is 23.9. The van der Waals surface area contributed by atoms with Gasteiger partial charge in [0.1, 0.15) is 28.5 Å². The largest absolute Gasteiger partial charge is 0.455 e. The van der Waals surface area contributed by atoms with Crippen LogP contribution in [0.4, 0.5) is 20.4 Å². The van der Waals surface area contributed by atoms with Crippen molar-refractivity contribution in [3.05, 3.63) is 90.0 Å². The Hall–Kier alpha value is -5.56. The number of hydrogen-bond donors (Lipinski definition) is 3. The van der Waals surface area contributed by atoms with E-state index in [1.807, 2.05) is 0 Å². The van der Waals surface area contributed by atoms with E-state index in [0.717, 1.165) is 0 Å². The maximum Gasteiger partial charge on any atom is 0.255 e. The Kier molecular flexibility index (Phi) is 6.44. The molecule has 13 heteroatoms. The predicted molar refractivity (Wildman–Crippen MR) is 169 cm³/mol. The summed E-state index contributed by atoms with van der Waals surface area (Å²) in [5, 5.41) is 3.33. The van der Waals surface area contributed by atoms with Crippen molar-refractivity contribution in [3.8, 4) is 22.6 Å². The average Bonchev–Trinajstić information content (AvgIpc) is 3.61. The van der Waals surface area contributed by atoms with E-state index in [2.05, 4.69) is 15.0 Å². The molecule has 0 unspecified atom stereocenters. The second-order valence-corrected chi connectivity index (χ2v) is 12.4. The number of hydrogen-bond acceptors (Lipinski definition) is 7. The molecule has 3 aromatic carbocycles. The molecule has 0 aliphatic heterocycles. The number of anilines is 2. The predicted octanol–water partition coefficient (Wildman–Crippen LogP) is 6.10. The SMILES string of the molecule is CCS(=O)(=O)Nc1cc2oc(-c3ccc(F)cc3)c(C(=O)NC)c2cc1-c1ccc2nc(N)n3c4cccc(F)c4cc3c2n1. The normalized spacial score (nSPS) is 12.0. The molecule has 45 heavy (non-hydrogen) atoms. The highest BCUT2D eigenvalue weighted by molar-refractivity contribution is 7.92. The zero-order valence-corrected chi connectivity index (χ0v) is 24.7. The van der Waals surface area contributed by atoms with Crippen molar-refractivity contribution in [1.82, 2.24) is 19.7 Å². The third-order valence-corrected chi connectivity index (χ3v) is 8.97. The molecule has 0 spiro atoms. The van der Waals surface area contributed by atoms with Crippen LogP contribution < -0.4 is 15.8 Å². The van der Waals surface area contributed by atoms with Gasteiger partial charge in [0.2, 0.25) is 16.0 Å². The van der Waals surface area contributed by atoms with Crippen LogP contribution in [0, 0.1) is 11.6 Å². The third kappa shape index (κ3) is 4.59. The van der Waals surface area contributed by atoms with E-state index < -0.39 is 27.6 Å². The maximum atomic E-state index is 14.7. The van der Waals surface area contributed by atoms with Crippen molar-refractivity contribution in [2.24, 2.45) is 0 Å². The first-order valence-corrected chi connectivity index (χ1v) is 15.5. The van der Waals surface area contributed by atoms with Gasteiger partial charge in [0, 0.05) is 35.0 Å². The summed E-state index contributed by atoms with van der Waals surface area (Å²) in [6.45, 7) is 1.50. The van der Waals surface area contributed by atoms with Crippen molar-refractivity contribution in [2.45, 2.75) is 6.92 Å². The lowest BCUT2D eigenvalue weighted by Crippen LogP contribution is -2.18. The van der Waals surface area contributed by atoms with Crippen LogP contribution in [0.1, 0.15) is 17.3 Å². The van der Waals surface area contributed by atoms with Crippen molar-refractivity contribution >= 4 is 66.0 Å². The van der Waals surface area contributed by atoms with Gasteiger partial charge in [0.15, 0.2) is 0 Å². The quantitative estimate of drug-likeness (QED) is 0.202. The molecule has 1 amide bonds.